The zero-order valence-electron chi connectivity index (χ0n) is 29.7. The first kappa shape index (κ1) is 35.3. The first-order chi connectivity index (χ1) is 24.2. The van der Waals surface area contributed by atoms with Gasteiger partial charge in [0.2, 0.25) is 5.91 Å². The molecule has 2 aliphatic rings. The Bertz CT molecular complexity index is 1690. The van der Waals surface area contributed by atoms with E-state index in [0.717, 1.165) is 28.9 Å². The molecule has 262 valence electrons. The van der Waals surface area contributed by atoms with Crippen LogP contribution in [0.5, 0.6) is 5.75 Å². The average molecular weight is 676 g/mol. The summed E-state index contributed by atoms with van der Waals surface area (Å²) >= 11 is 0. The maximum absolute atomic E-state index is 13.6. The van der Waals surface area contributed by atoms with Gasteiger partial charge in [-0.1, -0.05) is 103 Å². The Balaban J connectivity index is 1.52. The van der Waals surface area contributed by atoms with E-state index in [1.165, 1.54) is 12.5 Å². The van der Waals surface area contributed by atoms with Crippen molar-refractivity contribution in [3.63, 3.8) is 0 Å². The van der Waals surface area contributed by atoms with Crippen LogP contribution in [0.1, 0.15) is 47.7 Å². The smallest absolute Gasteiger partial charge is 0.302 e. The molecule has 8 heteroatoms. The van der Waals surface area contributed by atoms with Gasteiger partial charge in [0.05, 0.1) is 19.2 Å². The van der Waals surface area contributed by atoms with Gasteiger partial charge in [-0.15, -0.1) is 0 Å². The van der Waals surface area contributed by atoms with Crippen molar-refractivity contribution in [1.82, 2.24) is 14.9 Å². The second-order valence-electron chi connectivity index (χ2n) is 13.8. The van der Waals surface area contributed by atoms with Gasteiger partial charge in [0.15, 0.2) is 0 Å². The highest BCUT2D eigenvalue weighted by atomic mass is 16.7. The molecule has 4 aromatic carbocycles. The Morgan fingerprint density at radius 3 is 2.04 bits per heavy atom. The molecule has 2 fully saturated rings. The predicted octanol–water partition coefficient (Wildman–Crippen LogP) is 6.54. The fraction of sp³-hybridized carbons (Fsp3) is 0.381. The summed E-state index contributed by atoms with van der Waals surface area (Å²) in [5.41, 5.74) is 4.41. The topological polar surface area (TPSA) is 71.6 Å². The Kier molecular flexibility index (Phi) is 11.3. The van der Waals surface area contributed by atoms with Gasteiger partial charge in [0.25, 0.3) is 0 Å². The van der Waals surface area contributed by atoms with E-state index in [9.17, 15) is 9.59 Å². The number of hydrogen-bond acceptors (Lipinski definition) is 7. The third-order valence-electron chi connectivity index (χ3n) is 10.4. The number of carbonyl (C=O) groups is 2. The molecule has 4 aromatic rings. The van der Waals surface area contributed by atoms with Crippen LogP contribution in [0.2, 0.25) is 0 Å². The highest BCUT2D eigenvalue weighted by molar-refractivity contribution is 5.76. The van der Waals surface area contributed by atoms with E-state index in [4.69, 9.17) is 14.3 Å². The quantitative estimate of drug-likeness (QED) is 0.158. The molecule has 0 unspecified atom stereocenters. The van der Waals surface area contributed by atoms with Crippen molar-refractivity contribution in [3.05, 3.63) is 138 Å². The lowest BCUT2D eigenvalue weighted by atomic mass is 9.70. The molecule has 2 heterocycles. The standard InChI is InChI=1S/C42H49N3O5/c1-29(46)49-37(26-31-17-11-7-12-18-31)40(32-21-23-35(48-5)24-22-32)45-28-34(27-38(47)43(2)3)39-41(36(45)25-30-15-9-6-10-16-30)44(4)50-42(39)33-19-13-8-14-20-33/h6-24,34,36-37,39-42H,25-28H2,1-5H3/t34-,36+,37+,39-,40-,41+,42+/m1/s1. The minimum atomic E-state index is -0.513. The second kappa shape index (κ2) is 16.0. The van der Waals surface area contributed by atoms with Gasteiger partial charge in [-0.2, -0.15) is 5.06 Å². The lowest BCUT2D eigenvalue weighted by molar-refractivity contribution is -0.163. The molecule has 0 radical (unpaired) electrons. The van der Waals surface area contributed by atoms with Crippen molar-refractivity contribution in [2.24, 2.45) is 11.8 Å². The van der Waals surface area contributed by atoms with Gasteiger partial charge >= 0.3 is 5.97 Å². The summed E-state index contributed by atoms with van der Waals surface area (Å²) in [6.45, 7) is 2.10. The third-order valence-corrected chi connectivity index (χ3v) is 10.4. The highest BCUT2D eigenvalue weighted by Crippen LogP contribution is 2.51. The minimum absolute atomic E-state index is 0.0362. The molecule has 0 saturated carbocycles. The molecular weight excluding hydrogens is 626 g/mol. The van der Waals surface area contributed by atoms with Gasteiger partial charge in [-0.3, -0.25) is 19.3 Å². The number of esters is 1. The molecule has 2 aliphatic heterocycles. The monoisotopic (exact) mass is 675 g/mol. The number of piperidine rings is 1. The summed E-state index contributed by atoms with van der Waals surface area (Å²) in [4.78, 5) is 37.5. The normalized spacial score (nSPS) is 23.4. The van der Waals surface area contributed by atoms with Crippen molar-refractivity contribution >= 4 is 11.9 Å². The summed E-state index contributed by atoms with van der Waals surface area (Å²) in [7, 11) is 7.33. The van der Waals surface area contributed by atoms with E-state index in [1.807, 2.05) is 68.7 Å². The zero-order valence-corrected chi connectivity index (χ0v) is 29.7. The van der Waals surface area contributed by atoms with Crippen LogP contribution in [-0.2, 0) is 32.0 Å². The number of fused-ring (bicyclic) bond motifs is 1. The molecule has 0 aromatic heterocycles. The lowest BCUT2D eigenvalue weighted by Crippen LogP contribution is -2.62. The third kappa shape index (κ3) is 7.94. The Morgan fingerprint density at radius 1 is 0.860 bits per heavy atom. The van der Waals surface area contributed by atoms with Crippen LogP contribution in [0, 0.1) is 11.8 Å². The lowest BCUT2D eigenvalue weighted by Gasteiger charge is -2.52. The van der Waals surface area contributed by atoms with Gasteiger partial charge in [0, 0.05) is 59.4 Å². The van der Waals surface area contributed by atoms with E-state index in [-0.39, 0.29) is 47.9 Å². The predicted molar refractivity (Wildman–Crippen MR) is 194 cm³/mol. The van der Waals surface area contributed by atoms with Crippen molar-refractivity contribution in [1.29, 1.82) is 0 Å². The number of benzene rings is 4. The summed E-state index contributed by atoms with van der Waals surface area (Å²) in [6, 6.07) is 38.8. The van der Waals surface area contributed by atoms with E-state index in [0.29, 0.717) is 19.4 Å². The Hall–Kier alpha value is -4.50. The van der Waals surface area contributed by atoms with Gasteiger partial charge in [0.1, 0.15) is 18.0 Å². The number of ether oxygens (including phenoxy) is 2. The van der Waals surface area contributed by atoms with Crippen LogP contribution >= 0.6 is 0 Å². The molecule has 7 atom stereocenters. The van der Waals surface area contributed by atoms with E-state index >= 15 is 0 Å². The molecule has 1 amide bonds. The molecule has 0 N–H and O–H groups in total. The molecule has 50 heavy (non-hydrogen) atoms. The molecule has 6 rings (SSSR count). The van der Waals surface area contributed by atoms with Gasteiger partial charge < -0.3 is 14.4 Å². The summed E-state index contributed by atoms with van der Waals surface area (Å²) in [5, 5.41) is 2.04. The van der Waals surface area contributed by atoms with Crippen molar-refractivity contribution in [2.45, 2.75) is 56.5 Å². The fourth-order valence-electron chi connectivity index (χ4n) is 8.13. The van der Waals surface area contributed by atoms with Gasteiger partial charge in [-0.25, -0.2) is 0 Å². The molecule has 2 saturated heterocycles. The highest BCUT2D eigenvalue weighted by Gasteiger charge is 2.56. The van der Waals surface area contributed by atoms with E-state index in [1.54, 1.807) is 12.0 Å². The maximum atomic E-state index is 13.6. The zero-order chi connectivity index (χ0) is 35.2. The summed E-state index contributed by atoms with van der Waals surface area (Å²) in [6.07, 6.45) is 0.923. The number of hydroxylamine groups is 2. The largest absolute Gasteiger partial charge is 0.497 e. The Labute approximate surface area is 296 Å². The number of nitrogens with zero attached hydrogens (tertiary/aromatic N) is 3. The van der Waals surface area contributed by atoms with Crippen molar-refractivity contribution in [3.8, 4) is 5.75 Å². The molecule has 0 bridgehead atoms. The second-order valence-corrected chi connectivity index (χ2v) is 13.8. The van der Waals surface area contributed by atoms with Crippen molar-refractivity contribution in [2.75, 3.05) is 34.8 Å². The van der Waals surface area contributed by atoms with E-state index in [2.05, 4.69) is 77.7 Å². The van der Waals surface area contributed by atoms with Crippen LogP contribution in [0.3, 0.4) is 0 Å². The first-order valence-electron chi connectivity index (χ1n) is 17.5. The van der Waals surface area contributed by atoms with Crippen LogP contribution in [0.25, 0.3) is 0 Å². The summed E-state index contributed by atoms with van der Waals surface area (Å²) in [5.74, 6) is 0.493. The van der Waals surface area contributed by atoms with Crippen LogP contribution in [-0.4, -0.2) is 79.7 Å². The molecule has 0 aliphatic carbocycles. The average Bonchev–Trinajstić information content (AvgIpc) is 3.48. The minimum Gasteiger partial charge on any atom is -0.497 e. The summed E-state index contributed by atoms with van der Waals surface area (Å²) < 4.78 is 11.9. The fourth-order valence-corrected chi connectivity index (χ4v) is 8.13. The van der Waals surface area contributed by atoms with Crippen LogP contribution < -0.4 is 4.74 Å². The van der Waals surface area contributed by atoms with Gasteiger partial charge in [-0.05, 0) is 46.7 Å². The number of carbonyl (C=O) groups excluding carboxylic acids is 2. The molecular formula is C42H49N3O5. The number of likely N-dealkylation sites (N-methyl/N-ethyl adjacent to an activating group) is 1. The number of amides is 1. The number of likely N-dealkylation sites (tertiary alicyclic amines) is 1. The Morgan fingerprint density at radius 2 is 1.46 bits per heavy atom. The van der Waals surface area contributed by atoms with Crippen molar-refractivity contribution < 1.29 is 23.9 Å². The van der Waals surface area contributed by atoms with Crippen LogP contribution in [0.4, 0.5) is 0 Å². The number of hydrogen-bond donors (Lipinski definition) is 0. The number of rotatable bonds is 12. The maximum Gasteiger partial charge on any atom is 0.302 e. The van der Waals surface area contributed by atoms with Crippen LogP contribution in [0.15, 0.2) is 115 Å². The van der Waals surface area contributed by atoms with E-state index < -0.39 is 6.10 Å². The number of methoxy groups -OCH3 is 1. The molecule has 0 spiro atoms. The first-order valence-corrected chi connectivity index (χ1v) is 17.5. The SMILES string of the molecule is COc1ccc([C@H]([C@H](Cc2ccccc2)OC(C)=O)N2C[C@@H](CC(=O)N(C)C)[C@@H]3[C@H]([C@@H]2Cc2ccccc2)N(C)O[C@H]3c2ccccc2)cc1. The molecule has 8 nitrogen and oxygen atoms in total.